The zero-order chi connectivity index (χ0) is 14.7. The smallest absolute Gasteiger partial charge is 0.255 e. The van der Waals surface area contributed by atoms with Crippen molar-refractivity contribution in [2.75, 3.05) is 5.32 Å². The predicted molar refractivity (Wildman–Crippen MR) is 81.2 cm³/mol. The molecule has 1 amide bonds. The van der Waals surface area contributed by atoms with Gasteiger partial charge in [0.25, 0.3) is 5.91 Å². The Morgan fingerprint density at radius 2 is 1.85 bits per heavy atom. The van der Waals surface area contributed by atoms with E-state index in [0.29, 0.717) is 16.3 Å². The first-order chi connectivity index (χ1) is 9.47. The zero-order valence-electron chi connectivity index (χ0n) is 11.4. The van der Waals surface area contributed by atoms with Gasteiger partial charge in [0.1, 0.15) is 0 Å². The van der Waals surface area contributed by atoms with E-state index in [9.17, 15) is 9.90 Å². The summed E-state index contributed by atoms with van der Waals surface area (Å²) in [4.78, 5) is 12.1. The Bertz CT molecular complexity index is 621. The fourth-order valence-electron chi connectivity index (χ4n) is 1.78. The fourth-order valence-corrected chi connectivity index (χ4v) is 1.96. The summed E-state index contributed by atoms with van der Waals surface area (Å²) in [6.07, 6.45) is -0.518. The summed E-state index contributed by atoms with van der Waals surface area (Å²) in [7, 11) is 0. The number of amides is 1. The summed E-state index contributed by atoms with van der Waals surface area (Å²) in [5.74, 6) is -0.211. The van der Waals surface area contributed by atoms with Crippen LogP contribution in [0.2, 0.25) is 5.02 Å². The normalized spacial score (nSPS) is 12.0. The second-order valence-corrected chi connectivity index (χ2v) is 5.12. The lowest BCUT2D eigenvalue weighted by molar-refractivity contribution is 0.102. The van der Waals surface area contributed by atoms with Gasteiger partial charge in [-0.15, -0.1) is 0 Å². The zero-order valence-corrected chi connectivity index (χ0v) is 12.1. The number of carbonyl (C=O) groups excluding carboxylic acids is 1. The molecule has 2 aromatic carbocycles. The Balaban J connectivity index is 2.12. The molecule has 0 aliphatic carbocycles. The number of nitrogens with one attached hydrogen (secondary N) is 1. The lowest BCUT2D eigenvalue weighted by Gasteiger charge is -2.08. The number of aryl methyl sites for hydroxylation is 1. The van der Waals surface area contributed by atoms with Crippen molar-refractivity contribution < 1.29 is 9.90 Å². The molecule has 0 aliphatic rings. The molecule has 2 aromatic rings. The van der Waals surface area contributed by atoms with E-state index < -0.39 is 6.10 Å². The minimum absolute atomic E-state index is 0.211. The first-order valence-corrected chi connectivity index (χ1v) is 6.70. The highest BCUT2D eigenvalue weighted by atomic mass is 35.5. The second kappa shape index (κ2) is 6.07. The van der Waals surface area contributed by atoms with E-state index in [2.05, 4.69) is 5.32 Å². The number of aliphatic hydroxyl groups is 1. The predicted octanol–water partition coefficient (Wildman–Crippen LogP) is 3.95. The van der Waals surface area contributed by atoms with Crippen LogP contribution in [0.5, 0.6) is 0 Å². The number of carbonyl (C=O) groups is 1. The average Bonchev–Trinajstić information content (AvgIpc) is 2.42. The van der Waals surface area contributed by atoms with Crippen LogP contribution < -0.4 is 5.32 Å². The van der Waals surface area contributed by atoms with Crippen molar-refractivity contribution in [3.63, 3.8) is 0 Å². The molecule has 2 rings (SSSR count). The van der Waals surface area contributed by atoms with Gasteiger partial charge in [-0.1, -0.05) is 29.8 Å². The lowest BCUT2D eigenvalue weighted by Crippen LogP contribution is -2.12. The monoisotopic (exact) mass is 289 g/mol. The van der Waals surface area contributed by atoms with Gasteiger partial charge in [0, 0.05) is 16.3 Å². The molecule has 0 fully saturated rings. The topological polar surface area (TPSA) is 49.3 Å². The fraction of sp³-hybridized carbons (Fsp3) is 0.188. The van der Waals surface area contributed by atoms with E-state index in [-0.39, 0.29) is 5.91 Å². The maximum absolute atomic E-state index is 12.1. The van der Waals surface area contributed by atoms with Crippen molar-refractivity contribution >= 4 is 23.2 Å². The first kappa shape index (κ1) is 14.6. The van der Waals surface area contributed by atoms with Gasteiger partial charge in [0.05, 0.1) is 6.10 Å². The molecule has 0 aliphatic heterocycles. The molecule has 0 saturated heterocycles. The Hall–Kier alpha value is -1.84. The highest BCUT2D eigenvalue weighted by Gasteiger charge is 2.08. The van der Waals surface area contributed by atoms with Crippen molar-refractivity contribution in [2.45, 2.75) is 20.0 Å². The molecule has 3 nitrogen and oxygen atoms in total. The van der Waals surface area contributed by atoms with Gasteiger partial charge in [-0.05, 0) is 49.2 Å². The maximum atomic E-state index is 12.1. The van der Waals surface area contributed by atoms with E-state index in [1.807, 2.05) is 13.0 Å². The molecule has 0 heterocycles. The van der Waals surface area contributed by atoms with E-state index in [1.165, 1.54) is 0 Å². The molecule has 2 N–H and O–H groups in total. The van der Waals surface area contributed by atoms with Gasteiger partial charge in [-0.2, -0.15) is 0 Å². The molecular formula is C16H16ClNO2. The molecule has 0 aromatic heterocycles. The van der Waals surface area contributed by atoms with Crippen LogP contribution in [-0.4, -0.2) is 11.0 Å². The lowest BCUT2D eigenvalue weighted by atomic mass is 10.1. The van der Waals surface area contributed by atoms with E-state index in [4.69, 9.17) is 11.6 Å². The van der Waals surface area contributed by atoms with Gasteiger partial charge >= 0.3 is 0 Å². The van der Waals surface area contributed by atoms with Crippen molar-refractivity contribution in [3.8, 4) is 0 Å². The quantitative estimate of drug-likeness (QED) is 0.899. The molecule has 1 unspecified atom stereocenters. The third kappa shape index (κ3) is 3.38. The van der Waals surface area contributed by atoms with Crippen molar-refractivity contribution in [1.29, 1.82) is 0 Å². The van der Waals surface area contributed by atoms with Crippen molar-refractivity contribution in [2.24, 2.45) is 0 Å². The summed E-state index contributed by atoms with van der Waals surface area (Å²) >= 11 is 6.01. The number of hydrogen-bond donors (Lipinski definition) is 2. The molecule has 20 heavy (non-hydrogen) atoms. The summed E-state index contributed by atoms with van der Waals surface area (Å²) < 4.78 is 0. The van der Waals surface area contributed by atoms with Crippen LogP contribution in [0, 0.1) is 6.92 Å². The van der Waals surface area contributed by atoms with Crippen LogP contribution in [0.3, 0.4) is 0 Å². The van der Waals surface area contributed by atoms with Crippen LogP contribution >= 0.6 is 11.6 Å². The van der Waals surface area contributed by atoms with Crippen LogP contribution in [-0.2, 0) is 0 Å². The third-order valence-corrected chi connectivity index (χ3v) is 3.49. The van der Waals surface area contributed by atoms with Crippen molar-refractivity contribution in [1.82, 2.24) is 0 Å². The van der Waals surface area contributed by atoms with Crippen LogP contribution in [0.25, 0.3) is 0 Å². The van der Waals surface area contributed by atoms with E-state index >= 15 is 0 Å². The molecule has 1 atom stereocenters. The van der Waals surface area contributed by atoms with Gasteiger partial charge in [-0.25, -0.2) is 0 Å². The Morgan fingerprint density at radius 3 is 2.40 bits per heavy atom. The molecule has 0 bridgehead atoms. The maximum Gasteiger partial charge on any atom is 0.255 e. The van der Waals surface area contributed by atoms with Crippen LogP contribution in [0.4, 0.5) is 5.69 Å². The summed E-state index contributed by atoms with van der Waals surface area (Å²) in [5, 5.41) is 12.8. The molecule has 0 spiro atoms. The highest BCUT2D eigenvalue weighted by Crippen LogP contribution is 2.19. The summed E-state index contributed by atoms with van der Waals surface area (Å²) in [6, 6.07) is 12.3. The van der Waals surface area contributed by atoms with Crippen LogP contribution in [0.1, 0.15) is 34.5 Å². The Morgan fingerprint density at radius 1 is 1.20 bits per heavy atom. The highest BCUT2D eigenvalue weighted by molar-refractivity contribution is 6.31. The van der Waals surface area contributed by atoms with E-state index in [0.717, 1.165) is 11.1 Å². The summed E-state index contributed by atoms with van der Waals surface area (Å²) in [5.41, 5.74) is 2.93. The Labute approximate surface area is 123 Å². The number of halogens is 1. The molecule has 0 saturated carbocycles. The van der Waals surface area contributed by atoms with Crippen molar-refractivity contribution in [3.05, 3.63) is 64.2 Å². The minimum Gasteiger partial charge on any atom is -0.389 e. The third-order valence-electron chi connectivity index (χ3n) is 3.08. The SMILES string of the molecule is Cc1ccc(C(=O)Nc2ccc(C(C)O)cc2)cc1Cl. The molecule has 104 valence electrons. The average molecular weight is 290 g/mol. The second-order valence-electron chi connectivity index (χ2n) is 4.72. The van der Waals surface area contributed by atoms with Gasteiger partial charge in [0.15, 0.2) is 0 Å². The molecule has 0 radical (unpaired) electrons. The number of aliphatic hydroxyl groups excluding tert-OH is 1. The number of benzene rings is 2. The first-order valence-electron chi connectivity index (χ1n) is 6.33. The van der Waals surface area contributed by atoms with Gasteiger partial charge in [-0.3, -0.25) is 4.79 Å². The van der Waals surface area contributed by atoms with Crippen LogP contribution in [0.15, 0.2) is 42.5 Å². The molecular weight excluding hydrogens is 274 g/mol. The Kier molecular flexibility index (Phi) is 4.42. The van der Waals surface area contributed by atoms with Gasteiger partial charge in [0.2, 0.25) is 0 Å². The number of rotatable bonds is 3. The largest absolute Gasteiger partial charge is 0.389 e. The van der Waals surface area contributed by atoms with E-state index in [1.54, 1.807) is 43.3 Å². The standard InChI is InChI=1S/C16H16ClNO2/c1-10-3-4-13(9-15(10)17)16(20)18-14-7-5-12(6-8-14)11(2)19/h3-9,11,19H,1-2H3,(H,18,20). The minimum atomic E-state index is -0.518. The number of hydrogen-bond acceptors (Lipinski definition) is 2. The summed E-state index contributed by atoms with van der Waals surface area (Å²) in [6.45, 7) is 3.58. The van der Waals surface area contributed by atoms with Gasteiger partial charge < -0.3 is 10.4 Å². The molecule has 4 heteroatoms. The number of anilines is 1.